The molecule has 6 heteroatoms. The van der Waals surface area contributed by atoms with Gasteiger partial charge >= 0.3 is 5.97 Å². The van der Waals surface area contributed by atoms with Crippen LogP contribution in [-0.2, 0) is 9.53 Å². The Bertz CT molecular complexity index is 476. The number of halogens is 1. The van der Waals surface area contributed by atoms with Crippen molar-refractivity contribution in [3.8, 4) is 5.75 Å². The highest BCUT2D eigenvalue weighted by atomic mass is 79.9. The summed E-state index contributed by atoms with van der Waals surface area (Å²) in [6, 6.07) is 4.59. The van der Waals surface area contributed by atoms with E-state index in [1.54, 1.807) is 6.07 Å². The molecule has 104 valence electrons. The van der Waals surface area contributed by atoms with E-state index in [9.17, 15) is 14.7 Å². The van der Waals surface area contributed by atoms with Crippen LogP contribution >= 0.6 is 15.9 Å². The van der Waals surface area contributed by atoms with Gasteiger partial charge in [-0.2, -0.15) is 0 Å². The molecule has 0 unspecified atom stereocenters. The summed E-state index contributed by atoms with van der Waals surface area (Å²) in [5.74, 6) is -0.999. The highest BCUT2D eigenvalue weighted by Crippen LogP contribution is 2.23. The third kappa shape index (κ3) is 4.24. The Morgan fingerprint density at radius 1 is 1.42 bits per heavy atom. The van der Waals surface area contributed by atoms with Gasteiger partial charge < -0.3 is 14.7 Å². The molecule has 0 saturated carbocycles. The first-order chi connectivity index (χ1) is 8.99. The molecule has 0 atom stereocenters. The van der Waals surface area contributed by atoms with Crippen molar-refractivity contribution in [3.05, 3.63) is 28.2 Å². The number of aromatic hydroxyl groups is 1. The van der Waals surface area contributed by atoms with Crippen LogP contribution in [0, 0.1) is 0 Å². The first-order valence-electron chi connectivity index (χ1n) is 5.84. The van der Waals surface area contributed by atoms with Crippen LogP contribution in [0.2, 0.25) is 0 Å². The van der Waals surface area contributed by atoms with Gasteiger partial charge in [0.1, 0.15) is 12.3 Å². The van der Waals surface area contributed by atoms with E-state index < -0.39 is 11.9 Å². The molecule has 0 saturated heterocycles. The highest BCUT2D eigenvalue weighted by molar-refractivity contribution is 9.10. The molecule has 0 aliphatic carbocycles. The average molecular weight is 330 g/mol. The summed E-state index contributed by atoms with van der Waals surface area (Å²) in [6.45, 7) is 2.19. The van der Waals surface area contributed by atoms with Crippen LogP contribution in [0.25, 0.3) is 0 Å². The second-order valence-corrected chi connectivity index (χ2v) is 4.88. The fraction of sp³-hybridized carbons (Fsp3) is 0.385. The Hall–Kier alpha value is -1.56. The number of carbonyl (C=O) groups is 2. The molecule has 19 heavy (non-hydrogen) atoms. The summed E-state index contributed by atoms with van der Waals surface area (Å²) in [5.41, 5.74) is 0.159. The standard InChI is InChI=1S/C13H16BrNO4/c1-3-6-15(8-12(17)19-2)13(18)10-7-9(14)4-5-11(10)16/h4-5,7,16H,3,6,8H2,1-2H3. The Morgan fingerprint density at radius 2 is 2.11 bits per heavy atom. The maximum atomic E-state index is 12.3. The Kier molecular flexibility index (Phi) is 5.82. The lowest BCUT2D eigenvalue weighted by atomic mass is 10.1. The Labute approximate surface area is 120 Å². The molecular weight excluding hydrogens is 314 g/mol. The number of esters is 1. The molecule has 0 aromatic heterocycles. The number of phenols is 1. The Balaban J connectivity index is 2.98. The fourth-order valence-corrected chi connectivity index (χ4v) is 1.95. The predicted molar refractivity (Wildman–Crippen MR) is 74.0 cm³/mol. The van der Waals surface area contributed by atoms with E-state index in [1.807, 2.05) is 6.92 Å². The van der Waals surface area contributed by atoms with Gasteiger partial charge in [-0.05, 0) is 24.6 Å². The number of hydrogen-bond donors (Lipinski definition) is 1. The van der Waals surface area contributed by atoms with Crippen molar-refractivity contribution in [2.75, 3.05) is 20.2 Å². The minimum absolute atomic E-state index is 0.112. The number of phenolic OH excluding ortho intramolecular Hbond substituents is 1. The van der Waals surface area contributed by atoms with Crippen molar-refractivity contribution >= 4 is 27.8 Å². The van der Waals surface area contributed by atoms with Crippen molar-refractivity contribution in [2.45, 2.75) is 13.3 Å². The SMILES string of the molecule is CCCN(CC(=O)OC)C(=O)c1cc(Br)ccc1O. The summed E-state index contributed by atoms with van der Waals surface area (Å²) in [6.07, 6.45) is 0.706. The van der Waals surface area contributed by atoms with Crippen LogP contribution < -0.4 is 0 Å². The van der Waals surface area contributed by atoms with Gasteiger partial charge in [-0.3, -0.25) is 9.59 Å². The van der Waals surface area contributed by atoms with Crippen LogP contribution in [0.3, 0.4) is 0 Å². The van der Waals surface area contributed by atoms with Crippen LogP contribution in [0.1, 0.15) is 23.7 Å². The van der Waals surface area contributed by atoms with Crippen molar-refractivity contribution < 1.29 is 19.4 Å². The molecule has 0 aliphatic rings. The Morgan fingerprint density at radius 3 is 2.68 bits per heavy atom. The van der Waals surface area contributed by atoms with Crippen molar-refractivity contribution in [2.24, 2.45) is 0 Å². The third-order valence-electron chi connectivity index (χ3n) is 2.52. The summed E-state index contributed by atoms with van der Waals surface area (Å²) in [7, 11) is 1.27. The molecule has 0 radical (unpaired) electrons. The molecule has 1 rings (SSSR count). The monoisotopic (exact) mass is 329 g/mol. The van der Waals surface area contributed by atoms with Crippen LogP contribution in [0.4, 0.5) is 0 Å². The van der Waals surface area contributed by atoms with E-state index in [-0.39, 0.29) is 17.9 Å². The molecule has 0 bridgehead atoms. The van der Waals surface area contributed by atoms with Gasteiger partial charge in [0.15, 0.2) is 0 Å². The van der Waals surface area contributed by atoms with E-state index >= 15 is 0 Å². The van der Waals surface area contributed by atoms with Gasteiger partial charge in [-0.15, -0.1) is 0 Å². The highest BCUT2D eigenvalue weighted by Gasteiger charge is 2.21. The minimum Gasteiger partial charge on any atom is -0.507 e. The number of nitrogens with zero attached hydrogens (tertiary/aromatic N) is 1. The number of hydrogen-bond acceptors (Lipinski definition) is 4. The van der Waals surface area contributed by atoms with E-state index in [4.69, 9.17) is 0 Å². The quantitative estimate of drug-likeness (QED) is 0.841. The zero-order chi connectivity index (χ0) is 14.4. The first kappa shape index (κ1) is 15.5. The summed E-state index contributed by atoms with van der Waals surface area (Å²) in [5, 5.41) is 9.73. The van der Waals surface area contributed by atoms with E-state index in [1.165, 1.54) is 24.1 Å². The van der Waals surface area contributed by atoms with Crippen molar-refractivity contribution in [1.29, 1.82) is 0 Å². The number of methoxy groups -OCH3 is 1. The maximum absolute atomic E-state index is 12.3. The molecule has 1 aromatic carbocycles. The molecule has 0 spiro atoms. The lowest BCUT2D eigenvalue weighted by molar-refractivity contribution is -0.141. The smallest absolute Gasteiger partial charge is 0.325 e. The average Bonchev–Trinajstić information content (AvgIpc) is 2.40. The molecular formula is C13H16BrNO4. The molecule has 0 aliphatic heterocycles. The molecule has 1 N–H and O–H groups in total. The fourth-order valence-electron chi connectivity index (χ4n) is 1.59. The largest absolute Gasteiger partial charge is 0.507 e. The molecule has 0 heterocycles. The number of ether oxygens (including phenoxy) is 1. The minimum atomic E-state index is -0.490. The summed E-state index contributed by atoms with van der Waals surface area (Å²) < 4.78 is 5.25. The van der Waals surface area contributed by atoms with Crippen LogP contribution in [0.5, 0.6) is 5.75 Å². The lowest BCUT2D eigenvalue weighted by Crippen LogP contribution is -2.36. The van der Waals surface area contributed by atoms with Crippen molar-refractivity contribution in [1.82, 2.24) is 4.90 Å². The van der Waals surface area contributed by atoms with Gasteiger partial charge in [0.25, 0.3) is 5.91 Å². The zero-order valence-electron chi connectivity index (χ0n) is 10.9. The zero-order valence-corrected chi connectivity index (χ0v) is 12.4. The number of rotatable bonds is 5. The van der Waals surface area contributed by atoms with Crippen LogP contribution in [-0.4, -0.2) is 42.1 Å². The summed E-state index contributed by atoms with van der Waals surface area (Å²) in [4.78, 5) is 24.9. The third-order valence-corrected chi connectivity index (χ3v) is 3.01. The number of amides is 1. The number of carbonyl (C=O) groups excluding carboxylic acids is 2. The van der Waals surface area contributed by atoms with Gasteiger partial charge in [0.05, 0.1) is 12.7 Å². The maximum Gasteiger partial charge on any atom is 0.325 e. The van der Waals surface area contributed by atoms with Crippen molar-refractivity contribution in [3.63, 3.8) is 0 Å². The van der Waals surface area contributed by atoms with Crippen LogP contribution in [0.15, 0.2) is 22.7 Å². The van der Waals surface area contributed by atoms with E-state index in [0.29, 0.717) is 17.4 Å². The van der Waals surface area contributed by atoms with Gasteiger partial charge in [0.2, 0.25) is 0 Å². The van der Waals surface area contributed by atoms with Gasteiger partial charge in [-0.25, -0.2) is 0 Å². The molecule has 1 amide bonds. The topological polar surface area (TPSA) is 66.8 Å². The molecule has 0 fully saturated rings. The van der Waals surface area contributed by atoms with E-state index in [0.717, 1.165) is 0 Å². The predicted octanol–water partition coefficient (Wildman–Crippen LogP) is 2.18. The summed E-state index contributed by atoms with van der Waals surface area (Å²) >= 11 is 3.24. The molecule has 5 nitrogen and oxygen atoms in total. The second kappa shape index (κ2) is 7.13. The lowest BCUT2D eigenvalue weighted by Gasteiger charge is -2.21. The second-order valence-electron chi connectivity index (χ2n) is 3.96. The number of benzene rings is 1. The van der Waals surface area contributed by atoms with E-state index in [2.05, 4.69) is 20.7 Å². The van der Waals surface area contributed by atoms with Gasteiger partial charge in [-0.1, -0.05) is 22.9 Å². The molecule has 1 aromatic rings. The first-order valence-corrected chi connectivity index (χ1v) is 6.63. The van der Waals surface area contributed by atoms with Gasteiger partial charge in [0, 0.05) is 11.0 Å². The normalized spacial score (nSPS) is 10.1.